The molecular formula is C15H24NP. The standard InChI is InChI=1S/C15H24NP/c1-12(13-10-8-9-11-16-13)17(14(2,3)4)15(5,6)7/h8-11H,1H2,2-7H3. The third kappa shape index (κ3) is 3.64. The molecule has 0 aliphatic rings. The summed E-state index contributed by atoms with van der Waals surface area (Å²) in [6.45, 7) is 18.1. The second kappa shape index (κ2) is 4.90. The van der Waals surface area contributed by atoms with E-state index in [2.05, 4.69) is 59.2 Å². The molecule has 0 bridgehead atoms. The van der Waals surface area contributed by atoms with Gasteiger partial charge >= 0.3 is 0 Å². The lowest BCUT2D eigenvalue weighted by Crippen LogP contribution is -2.25. The van der Waals surface area contributed by atoms with E-state index < -0.39 is 0 Å². The maximum Gasteiger partial charge on any atom is 0.0700 e. The molecule has 0 atom stereocenters. The van der Waals surface area contributed by atoms with Crippen LogP contribution in [0.15, 0.2) is 31.0 Å². The molecule has 0 aliphatic heterocycles. The summed E-state index contributed by atoms with van der Waals surface area (Å²) >= 11 is 0. The van der Waals surface area contributed by atoms with E-state index in [0.29, 0.717) is 0 Å². The number of aromatic nitrogens is 1. The zero-order chi connectivity index (χ0) is 13.3. The van der Waals surface area contributed by atoms with Crippen molar-refractivity contribution in [3.8, 4) is 0 Å². The lowest BCUT2D eigenvalue weighted by molar-refractivity contribution is 0.715. The highest BCUT2D eigenvalue weighted by molar-refractivity contribution is 7.71. The highest BCUT2D eigenvalue weighted by atomic mass is 31.1. The van der Waals surface area contributed by atoms with Crippen molar-refractivity contribution >= 4 is 13.2 Å². The summed E-state index contributed by atoms with van der Waals surface area (Å²) in [4.78, 5) is 4.44. The van der Waals surface area contributed by atoms with Crippen LogP contribution < -0.4 is 0 Å². The van der Waals surface area contributed by atoms with Gasteiger partial charge in [0.05, 0.1) is 5.69 Å². The van der Waals surface area contributed by atoms with Crippen molar-refractivity contribution in [3.63, 3.8) is 0 Å². The molecule has 0 spiro atoms. The topological polar surface area (TPSA) is 12.9 Å². The van der Waals surface area contributed by atoms with E-state index in [9.17, 15) is 0 Å². The SMILES string of the molecule is C=C(c1ccccn1)P(C(C)(C)C)C(C)(C)C. The Hall–Kier alpha value is -0.680. The Morgan fingerprint density at radius 2 is 1.59 bits per heavy atom. The van der Waals surface area contributed by atoms with Crippen LogP contribution in [0.2, 0.25) is 0 Å². The molecule has 0 saturated carbocycles. The average Bonchev–Trinajstić information content (AvgIpc) is 2.14. The van der Waals surface area contributed by atoms with E-state index in [1.54, 1.807) is 0 Å². The largest absolute Gasteiger partial charge is 0.256 e. The number of nitrogens with zero attached hydrogens (tertiary/aromatic N) is 1. The van der Waals surface area contributed by atoms with E-state index in [1.807, 2.05) is 18.3 Å². The lowest BCUT2D eigenvalue weighted by Gasteiger charge is -2.42. The van der Waals surface area contributed by atoms with E-state index in [4.69, 9.17) is 0 Å². The first-order chi connectivity index (χ1) is 7.64. The predicted octanol–water partition coefficient (Wildman–Crippen LogP) is 5.13. The number of pyridine rings is 1. The van der Waals surface area contributed by atoms with Gasteiger partial charge in [0.15, 0.2) is 0 Å². The number of hydrogen-bond acceptors (Lipinski definition) is 1. The highest BCUT2D eigenvalue weighted by Gasteiger charge is 2.36. The van der Waals surface area contributed by atoms with E-state index in [1.165, 1.54) is 5.31 Å². The summed E-state index contributed by atoms with van der Waals surface area (Å²) in [7, 11) is -0.337. The molecule has 0 saturated heterocycles. The van der Waals surface area contributed by atoms with Crippen LogP contribution in [0.4, 0.5) is 0 Å². The normalized spacial score (nSPS) is 12.9. The molecule has 2 heteroatoms. The summed E-state index contributed by atoms with van der Waals surface area (Å²) < 4.78 is 0. The molecule has 0 fully saturated rings. The summed E-state index contributed by atoms with van der Waals surface area (Å²) in [6, 6.07) is 6.05. The zero-order valence-corrected chi connectivity index (χ0v) is 12.8. The first kappa shape index (κ1) is 14.4. The summed E-state index contributed by atoms with van der Waals surface area (Å²) in [5.41, 5.74) is 1.04. The quantitative estimate of drug-likeness (QED) is 0.662. The van der Waals surface area contributed by atoms with Crippen LogP contribution in [-0.4, -0.2) is 15.3 Å². The molecule has 17 heavy (non-hydrogen) atoms. The first-order valence-electron chi connectivity index (χ1n) is 6.04. The van der Waals surface area contributed by atoms with Crippen LogP contribution in [0, 0.1) is 0 Å². The van der Waals surface area contributed by atoms with Gasteiger partial charge < -0.3 is 0 Å². The molecule has 0 amide bonds. The Morgan fingerprint density at radius 1 is 1.06 bits per heavy atom. The average molecular weight is 249 g/mol. The monoisotopic (exact) mass is 249 g/mol. The summed E-state index contributed by atoms with van der Waals surface area (Å²) in [5.74, 6) is 0. The predicted molar refractivity (Wildman–Crippen MR) is 79.7 cm³/mol. The van der Waals surface area contributed by atoms with Gasteiger partial charge in [0.1, 0.15) is 0 Å². The van der Waals surface area contributed by atoms with Crippen molar-refractivity contribution in [1.29, 1.82) is 0 Å². The van der Waals surface area contributed by atoms with Crippen LogP contribution in [0.1, 0.15) is 47.2 Å². The van der Waals surface area contributed by atoms with Gasteiger partial charge in [0, 0.05) is 6.20 Å². The Kier molecular flexibility index (Phi) is 4.15. The van der Waals surface area contributed by atoms with Crippen LogP contribution in [-0.2, 0) is 0 Å². The van der Waals surface area contributed by atoms with E-state index >= 15 is 0 Å². The van der Waals surface area contributed by atoms with Gasteiger partial charge in [-0.25, -0.2) is 0 Å². The van der Waals surface area contributed by atoms with Gasteiger partial charge in [-0.15, -0.1) is 0 Å². The molecular weight excluding hydrogens is 225 g/mol. The van der Waals surface area contributed by atoms with Crippen molar-refractivity contribution < 1.29 is 0 Å². The molecule has 0 N–H and O–H groups in total. The van der Waals surface area contributed by atoms with Crippen molar-refractivity contribution in [1.82, 2.24) is 4.98 Å². The minimum Gasteiger partial charge on any atom is -0.256 e. The molecule has 94 valence electrons. The fraction of sp³-hybridized carbons (Fsp3) is 0.533. The molecule has 0 aromatic carbocycles. The second-order valence-electron chi connectivity index (χ2n) is 6.34. The van der Waals surface area contributed by atoms with Gasteiger partial charge in [0.25, 0.3) is 0 Å². The molecule has 1 nitrogen and oxygen atoms in total. The third-order valence-corrected chi connectivity index (χ3v) is 6.02. The first-order valence-corrected chi connectivity index (χ1v) is 7.39. The lowest BCUT2D eigenvalue weighted by atomic mass is 10.2. The van der Waals surface area contributed by atoms with Gasteiger partial charge in [0.2, 0.25) is 0 Å². The molecule has 1 heterocycles. The van der Waals surface area contributed by atoms with Gasteiger partial charge in [-0.05, 0) is 27.8 Å². The second-order valence-corrected chi connectivity index (χ2v) is 10.2. The Bertz CT molecular complexity index is 368. The smallest absolute Gasteiger partial charge is 0.0700 e. The van der Waals surface area contributed by atoms with Crippen LogP contribution >= 0.6 is 7.92 Å². The van der Waals surface area contributed by atoms with Crippen molar-refractivity contribution in [3.05, 3.63) is 36.7 Å². The van der Waals surface area contributed by atoms with Gasteiger partial charge in [-0.3, -0.25) is 4.98 Å². The fourth-order valence-corrected chi connectivity index (χ4v) is 6.46. The molecule has 1 aromatic heterocycles. The summed E-state index contributed by atoms with van der Waals surface area (Å²) in [6.07, 6.45) is 1.85. The molecule has 1 rings (SSSR count). The Morgan fingerprint density at radius 3 is 1.94 bits per heavy atom. The van der Waals surface area contributed by atoms with E-state index in [0.717, 1.165) is 5.69 Å². The maximum atomic E-state index is 4.44. The van der Waals surface area contributed by atoms with Crippen LogP contribution in [0.5, 0.6) is 0 Å². The van der Waals surface area contributed by atoms with Gasteiger partial charge in [-0.1, -0.05) is 62.1 Å². The zero-order valence-electron chi connectivity index (χ0n) is 11.9. The van der Waals surface area contributed by atoms with Crippen LogP contribution in [0.3, 0.4) is 0 Å². The summed E-state index contributed by atoms with van der Waals surface area (Å²) in [5, 5.41) is 1.71. The molecule has 0 unspecified atom stereocenters. The van der Waals surface area contributed by atoms with Crippen molar-refractivity contribution in [2.75, 3.05) is 0 Å². The maximum absolute atomic E-state index is 4.44. The van der Waals surface area contributed by atoms with E-state index in [-0.39, 0.29) is 18.2 Å². The Balaban J connectivity index is 3.14. The fourth-order valence-electron chi connectivity index (χ4n) is 2.46. The van der Waals surface area contributed by atoms with Crippen molar-refractivity contribution in [2.24, 2.45) is 0 Å². The van der Waals surface area contributed by atoms with Crippen molar-refractivity contribution in [2.45, 2.75) is 51.9 Å². The minimum atomic E-state index is -0.337. The van der Waals surface area contributed by atoms with Crippen LogP contribution in [0.25, 0.3) is 5.31 Å². The molecule has 0 radical (unpaired) electrons. The number of hydrogen-bond donors (Lipinski definition) is 0. The third-order valence-electron chi connectivity index (χ3n) is 2.57. The van der Waals surface area contributed by atoms with Gasteiger partial charge in [-0.2, -0.15) is 0 Å². The molecule has 1 aromatic rings. The molecule has 0 aliphatic carbocycles. The number of rotatable bonds is 2. The minimum absolute atomic E-state index is 0.252. The Labute approximate surface area is 107 Å². The highest BCUT2D eigenvalue weighted by Crippen LogP contribution is 2.66.